The summed E-state index contributed by atoms with van der Waals surface area (Å²) < 4.78 is 4.91. The van der Waals surface area contributed by atoms with Gasteiger partial charge in [0, 0.05) is 25.1 Å². The monoisotopic (exact) mass is 313 g/mol. The fourth-order valence-corrected chi connectivity index (χ4v) is 3.03. The van der Waals surface area contributed by atoms with Crippen LogP contribution in [0.15, 0.2) is 4.52 Å². The number of carbonyl (C=O) groups excluding carboxylic acids is 1. The number of piperidine rings is 1. The Labute approximate surface area is 131 Å². The van der Waals surface area contributed by atoms with Gasteiger partial charge in [0.15, 0.2) is 0 Å². The normalized spacial score (nSPS) is 16.4. The van der Waals surface area contributed by atoms with Crippen molar-refractivity contribution in [2.24, 2.45) is 5.92 Å². The molecule has 1 saturated heterocycles. The summed E-state index contributed by atoms with van der Waals surface area (Å²) in [6.45, 7) is 7.78. The minimum atomic E-state index is 0.202. The Morgan fingerprint density at radius 1 is 1.48 bits per heavy atom. The molecule has 0 radical (unpaired) electrons. The van der Waals surface area contributed by atoms with Gasteiger partial charge in [0.1, 0.15) is 0 Å². The van der Waals surface area contributed by atoms with Crippen LogP contribution >= 0.6 is 11.6 Å². The summed E-state index contributed by atoms with van der Waals surface area (Å²) in [5.41, 5.74) is 1.63. The molecule has 1 N–H and O–H groups in total. The lowest BCUT2D eigenvalue weighted by atomic mass is 9.96. The molecule has 0 atom stereocenters. The van der Waals surface area contributed by atoms with E-state index < -0.39 is 0 Å². The van der Waals surface area contributed by atoms with Crippen LogP contribution in [-0.4, -0.2) is 42.1 Å². The van der Waals surface area contributed by atoms with Gasteiger partial charge in [0.2, 0.25) is 11.1 Å². The summed E-state index contributed by atoms with van der Waals surface area (Å²) in [6.07, 6.45) is 3.25. The highest BCUT2D eigenvalue weighted by Gasteiger charge is 2.23. The van der Waals surface area contributed by atoms with E-state index in [-0.39, 0.29) is 5.91 Å². The van der Waals surface area contributed by atoms with E-state index in [1.807, 2.05) is 11.8 Å². The molecule has 0 aromatic carbocycles. The van der Waals surface area contributed by atoms with E-state index in [9.17, 15) is 4.79 Å². The number of nitrogens with one attached hydrogen (secondary N) is 1. The van der Waals surface area contributed by atoms with Crippen molar-refractivity contribution in [2.75, 3.05) is 26.2 Å². The van der Waals surface area contributed by atoms with Gasteiger partial charge in [-0.2, -0.15) is 0 Å². The van der Waals surface area contributed by atoms with Crippen molar-refractivity contribution in [1.29, 1.82) is 0 Å². The summed E-state index contributed by atoms with van der Waals surface area (Å²) in [5.74, 6) is 0.900. The molecule has 1 aliphatic rings. The van der Waals surface area contributed by atoms with Crippen LogP contribution in [0.25, 0.3) is 0 Å². The Balaban J connectivity index is 1.75. The third kappa shape index (κ3) is 4.45. The number of carbonyl (C=O) groups is 1. The van der Waals surface area contributed by atoms with E-state index in [0.29, 0.717) is 24.0 Å². The predicted molar refractivity (Wildman–Crippen MR) is 82.4 cm³/mol. The predicted octanol–water partition coefficient (Wildman–Crippen LogP) is 2.42. The summed E-state index contributed by atoms with van der Waals surface area (Å²) in [4.78, 5) is 14.2. The lowest BCUT2D eigenvalue weighted by Crippen LogP contribution is -2.40. The molecular weight excluding hydrogens is 290 g/mol. The first-order valence-corrected chi connectivity index (χ1v) is 8.08. The van der Waals surface area contributed by atoms with E-state index in [1.165, 1.54) is 0 Å². The zero-order valence-electron chi connectivity index (χ0n) is 12.8. The molecule has 1 aliphatic heterocycles. The maximum atomic E-state index is 12.3. The highest BCUT2D eigenvalue weighted by Crippen LogP contribution is 2.22. The minimum absolute atomic E-state index is 0.202. The molecule has 1 fully saturated rings. The van der Waals surface area contributed by atoms with Crippen LogP contribution in [0.3, 0.4) is 0 Å². The SMILES string of the molecule is CCNCC1CCN(C(=O)CCc2c(C)noc2Cl)CC1. The van der Waals surface area contributed by atoms with E-state index in [0.717, 1.165) is 50.3 Å². The highest BCUT2D eigenvalue weighted by atomic mass is 35.5. The van der Waals surface area contributed by atoms with Gasteiger partial charge in [-0.3, -0.25) is 4.79 Å². The van der Waals surface area contributed by atoms with Gasteiger partial charge in [0.25, 0.3) is 0 Å². The van der Waals surface area contributed by atoms with Crippen LogP contribution in [0.4, 0.5) is 0 Å². The van der Waals surface area contributed by atoms with Gasteiger partial charge < -0.3 is 14.7 Å². The van der Waals surface area contributed by atoms with Crippen LogP contribution in [0.2, 0.25) is 5.22 Å². The molecule has 0 bridgehead atoms. The number of hydrogen-bond donors (Lipinski definition) is 1. The lowest BCUT2D eigenvalue weighted by Gasteiger charge is -2.32. The topological polar surface area (TPSA) is 58.4 Å². The first-order chi connectivity index (χ1) is 10.1. The number of rotatable bonds is 6. The molecule has 0 spiro atoms. The summed E-state index contributed by atoms with van der Waals surface area (Å²) in [7, 11) is 0. The summed E-state index contributed by atoms with van der Waals surface area (Å²) >= 11 is 5.92. The molecule has 118 valence electrons. The average Bonchev–Trinajstić information content (AvgIpc) is 2.82. The van der Waals surface area contributed by atoms with Gasteiger partial charge in [-0.05, 0) is 56.8 Å². The number of nitrogens with zero attached hydrogens (tertiary/aromatic N) is 2. The van der Waals surface area contributed by atoms with Crippen LogP contribution in [-0.2, 0) is 11.2 Å². The molecule has 5 nitrogen and oxygen atoms in total. The molecule has 2 rings (SSSR count). The Hall–Kier alpha value is -1.07. The second kappa shape index (κ2) is 7.80. The Kier molecular flexibility index (Phi) is 6.06. The van der Waals surface area contributed by atoms with E-state index in [1.54, 1.807) is 0 Å². The summed E-state index contributed by atoms with van der Waals surface area (Å²) in [6, 6.07) is 0. The largest absolute Gasteiger partial charge is 0.344 e. The van der Waals surface area contributed by atoms with Crippen molar-refractivity contribution in [3.05, 3.63) is 16.5 Å². The number of aromatic nitrogens is 1. The van der Waals surface area contributed by atoms with E-state index in [2.05, 4.69) is 17.4 Å². The van der Waals surface area contributed by atoms with Crippen molar-refractivity contribution in [3.63, 3.8) is 0 Å². The van der Waals surface area contributed by atoms with Gasteiger partial charge in [-0.1, -0.05) is 12.1 Å². The molecule has 2 heterocycles. The fourth-order valence-electron chi connectivity index (χ4n) is 2.77. The highest BCUT2D eigenvalue weighted by molar-refractivity contribution is 6.29. The third-order valence-corrected chi connectivity index (χ3v) is 4.47. The number of amides is 1. The Bertz CT molecular complexity index is 448. The summed E-state index contributed by atoms with van der Waals surface area (Å²) in [5, 5.41) is 7.50. The molecule has 21 heavy (non-hydrogen) atoms. The molecule has 0 unspecified atom stereocenters. The van der Waals surface area contributed by atoms with Crippen molar-refractivity contribution in [1.82, 2.24) is 15.4 Å². The maximum Gasteiger partial charge on any atom is 0.229 e. The number of halogens is 1. The zero-order valence-corrected chi connectivity index (χ0v) is 13.6. The van der Waals surface area contributed by atoms with Crippen molar-refractivity contribution < 1.29 is 9.32 Å². The van der Waals surface area contributed by atoms with Crippen LogP contribution in [0, 0.1) is 12.8 Å². The quantitative estimate of drug-likeness (QED) is 0.876. The first-order valence-electron chi connectivity index (χ1n) is 7.71. The van der Waals surface area contributed by atoms with E-state index >= 15 is 0 Å². The first kappa shape index (κ1) is 16.3. The molecule has 6 heteroatoms. The second-order valence-electron chi connectivity index (χ2n) is 5.65. The molecule has 0 aliphatic carbocycles. The van der Waals surface area contributed by atoms with Gasteiger partial charge in [-0.25, -0.2) is 0 Å². The van der Waals surface area contributed by atoms with Gasteiger partial charge in [-0.15, -0.1) is 0 Å². The zero-order chi connectivity index (χ0) is 15.2. The molecule has 0 saturated carbocycles. The Morgan fingerprint density at radius 2 is 2.19 bits per heavy atom. The van der Waals surface area contributed by atoms with Crippen molar-refractivity contribution in [2.45, 2.75) is 39.5 Å². The van der Waals surface area contributed by atoms with Crippen LogP contribution in [0.1, 0.15) is 37.4 Å². The van der Waals surface area contributed by atoms with Gasteiger partial charge in [0.05, 0.1) is 5.69 Å². The second-order valence-corrected chi connectivity index (χ2v) is 6.00. The van der Waals surface area contributed by atoms with Gasteiger partial charge >= 0.3 is 0 Å². The smallest absolute Gasteiger partial charge is 0.229 e. The molecule has 1 aromatic heterocycles. The van der Waals surface area contributed by atoms with Crippen molar-refractivity contribution >= 4 is 17.5 Å². The lowest BCUT2D eigenvalue weighted by molar-refractivity contribution is -0.132. The molecule has 1 aromatic rings. The van der Waals surface area contributed by atoms with Crippen LogP contribution < -0.4 is 5.32 Å². The fraction of sp³-hybridized carbons (Fsp3) is 0.733. The van der Waals surface area contributed by atoms with Crippen LogP contribution in [0.5, 0.6) is 0 Å². The number of likely N-dealkylation sites (tertiary alicyclic amines) is 1. The number of aryl methyl sites for hydroxylation is 1. The minimum Gasteiger partial charge on any atom is -0.344 e. The average molecular weight is 314 g/mol. The maximum absolute atomic E-state index is 12.3. The van der Waals surface area contributed by atoms with E-state index in [4.69, 9.17) is 16.1 Å². The molecular formula is C15H24ClN3O2. The Morgan fingerprint density at radius 3 is 2.76 bits per heavy atom. The number of hydrogen-bond acceptors (Lipinski definition) is 4. The molecule has 1 amide bonds. The standard InChI is InChI=1S/C15H24ClN3O2/c1-3-17-10-12-6-8-19(9-7-12)14(20)5-4-13-11(2)18-21-15(13)16/h12,17H,3-10H2,1-2H3. The van der Waals surface area contributed by atoms with Crippen molar-refractivity contribution in [3.8, 4) is 0 Å². The third-order valence-electron chi connectivity index (χ3n) is 4.18.